The van der Waals surface area contributed by atoms with E-state index in [-0.39, 0.29) is 29.7 Å². The van der Waals surface area contributed by atoms with E-state index >= 15 is 0 Å². The predicted octanol–water partition coefficient (Wildman–Crippen LogP) is 6.14. The van der Waals surface area contributed by atoms with Crippen molar-refractivity contribution in [2.45, 2.75) is 19.7 Å². The molecular formula is C27H22F3N3O4S2. The summed E-state index contributed by atoms with van der Waals surface area (Å²) in [5, 5.41) is 15.2. The monoisotopic (exact) mass is 573 g/mol. The van der Waals surface area contributed by atoms with Crippen LogP contribution in [0.5, 0.6) is 11.5 Å². The second-order valence-corrected chi connectivity index (χ2v) is 10.2. The molecule has 0 spiro atoms. The van der Waals surface area contributed by atoms with Crippen molar-refractivity contribution < 1.29 is 32.6 Å². The molecule has 1 amide bonds. The zero-order chi connectivity index (χ0) is 28.0. The van der Waals surface area contributed by atoms with Crippen molar-refractivity contribution in [2.75, 3.05) is 13.1 Å². The van der Waals surface area contributed by atoms with E-state index < -0.39 is 6.36 Å². The molecule has 0 saturated heterocycles. The van der Waals surface area contributed by atoms with E-state index in [9.17, 15) is 27.9 Å². The quantitative estimate of drug-likeness (QED) is 0.175. The van der Waals surface area contributed by atoms with Gasteiger partial charge in [-0.25, -0.2) is 0 Å². The summed E-state index contributed by atoms with van der Waals surface area (Å²) >= 11 is 2.27. The van der Waals surface area contributed by atoms with Gasteiger partial charge in [-0.15, -0.1) is 35.8 Å². The number of thiophene rings is 2. The minimum Gasteiger partial charge on any atom is -0.506 e. The number of alkyl halides is 3. The number of hydrogen-bond donors (Lipinski definition) is 2. The van der Waals surface area contributed by atoms with Gasteiger partial charge in [0.25, 0.3) is 5.91 Å². The van der Waals surface area contributed by atoms with E-state index in [1.165, 1.54) is 23.5 Å². The van der Waals surface area contributed by atoms with Gasteiger partial charge in [-0.05, 0) is 66.9 Å². The highest BCUT2D eigenvalue weighted by molar-refractivity contribution is 7.16. The first-order valence-corrected chi connectivity index (χ1v) is 13.3. The van der Waals surface area contributed by atoms with Crippen molar-refractivity contribution >= 4 is 40.1 Å². The molecule has 0 saturated carbocycles. The molecule has 39 heavy (non-hydrogen) atoms. The molecule has 7 nitrogen and oxygen atoms in total. The Morgan fingerprint density at radius 2 is 1.85 bits per heavy atom. The fourth-order valence-corrected chi connectivity index (χ4v) is 5.40. The molecule has 0 aliphatic rings. The molecule has 3 aromatic heterocycles. The first-order valence-electron chi connectivity index (χ1n) is 11.6. The molecule has 0 radical (unpaired) electrons. The number of aromatic nitrogens is 1. The standard InChI is InChI=1S/C27H22F3N3O4S2/c1-16(20-15-38-25(24(20)35)18-4-6-19(7-5-18)37-27(28,29)30)33-14-21(34)22-8-9-23(39-22)26(36)32-12-10-17-3-2-11-31-13-17/h2-9,11,13,15,35H,10,12,14H2,1H3,(H,32,36). The van der Waals surface area contributed by atoms with E-state index in [0.717, 1.165) is 29.0 Å². The number of carbonyl (C=O) groups excluding carboxylic acids is 2. The predicted molar refractivity (Wildman–Crippen MR) is 144 cm³/mol. The average molecular weight is 574 g/mol. The first kappa shape index (κ1) is 28.0. The number of aliphatic imine (C=N–C) groups is 1. The zero-order valence-corrected chi connectivity index (χ0v) is 22.1. The Morgan fingerprint density at radius 1 is 1.10 bits per heavy atom. The molecule has 0 fully saturated rings. The third-order valence-corrected chi connectivity index (χ3v) is 7.63. The lowest BCUT2D eigenvalue weighted by atomic mass is 10.1. The fraction of sp³-hybridized carbons (Fsp3) is 0.185. The van der Waals surface area contributed by atoms with Crippen molar-refractivity contribution in [3.8, 4) is 21.9 Å². The maximum Gasteiger partial charge on any atom is 0.573 e. The Morgan fingerprint density at radius 3 is 2.54 bits per heavy atom. The molecule has 0 aliphatic carbocycles. The number of nitrogens with zero attached hydrogens (tertiary/aromatic N) is 2. The van der Waals surface area contributed by atoms with Crippen LogP contribution in [-0.4, -0.2) is 46.9 Å². The Labute approximate surface area is 229 Å². The third kappa shape index (κ3) is 7.52. The number of hydrogen-bond acceptors (Lipinski definition) is 8. The number of aromatic hydroxyl groups is 1. The van der Waals surface area contributed by atoms with Crippen LogP contribution in [0.3, 0.4) is 0 Å². The summed E-state index contributed by atoms with van der Waals surface area (Å²) < 4.78 is 41.0. The first-order chi connectivity index (χ1) is 18.6. The summed E-state index contributed by atoms with van der Waals surface area (Å²) in [4.78, 5) is 34.7. The number of amides is 1. The fourth-order valence-electron chi connectivity index (χ4n) is 3.54. The SMILES string of the molecule is CC(=NCC(=O)c1ccc(C(=O)NCCc2cccnc2)s1)c1csc(-c2ccc(OC(F)(F)F)cc2)c1O. The lowest BCUT2D eigenvalue weighted by Gasteiger charge is -2.09. The van der Waals surface area contributed by atoms with Crippen LogP contribution in [0, 0.1) is 0 Å². The smallest absolute Gasteiger partial charge is 0.506 e. The molecular weight excluding hydrogens is 551 g/mol. The van der Waals surface area contributed by atoms with Gasteiger partial charge in [-0.2, -0.15) is 0 Å². The number of ketones is 1. The highest BCUT2D eigenvalue weighted by Gasteiger charge is 2.31. The normalized spacial score (nSPS) is 11.8. The van der Waals surface area contributed by atoms with Gasteiger partial charge in [-0.1, -0.05) is 6.07 Å². The van der Waals surface area contributed by atoms with E-state index in [0.29, 0.717) is 44.4 Å². The van der Waals surface area contributed by atoms with E-state index in [1.54, 1.807) is 36.8 Å². The van der Waals surface area contributed by atoms with Gasteiger partial charge < -0.3 is 15.2 Å². The number of nitrogens with one attached hydrogen (secondary N) is 1. The second-order valence-electron chi connectivity index (χ2n) is 8.26. The number of halogens is 3. The lowest BCUT2D eigenvalue weighted by Crippen LogP contribution is -2.24. The number of rotatable bonds is 10. The zero-order valence-electron chi connectivity index (χ0n) is 20.5. The number of ether oxygens (including phenoxy) is 1. The van der Waals surface area contributed by atoms with E-state index in [4.69, 9.17) is 0 Å². The van der Waals surface area contributed by atoms with Gasteiger partial charge in [0.1, 0.15) is 18.0 Å². The molecule has 3 heterocycles. The van der Waals surface area contributed by atoms with Crippen molar-refractivity contribution in [3.63, 3.8) is 0 Å². The van der Waals surface area contributed by atoms with Crippen LogP contribution in [0.4, 0.5) is 13.2 Å². The molecule has 4 aromatic rings. The van der Waals surface area contributed by atoms with Gasteiger partial charge in [0, 0.05) is 35.6 Å². The van der Waals surface area contributed by atoms with Crippen LogP contribution in [0.15, 0.2) is 71.3 Å². The molecule has 0 aliphatic heterocycles. The molecule has 0 bridgehead atoms. The second kappa shape index (κ2) is 12.2. The topological polar surface area (TPSA) is 101 Å². The van der Waals surface area contributed by atoms with Crippen LogP contribution >= 0.6 is 22.7 Å². The van der Waals surface area contributed by atoms with Crippen molar-refractivity contribution in [1.82, 2.24) is 10.3 Å². The number of pyridine rings is 1. The van der Waals surface area contributed by atoms with Crippen LogP contribution in [0.2, 0.25) is 0 Å². The summed E-state index contributed by atoms with van der Waals surface area (Å²) in [5.41, 5.74) is 2.35. The molecule has 202 valence electrons. The maximum absolute atomic E-state index is 12.7. The Hall–Kier alpha value is -4.03. The maximum atomic E-state index is 12.7. The van der Waals surface area contributed by atoms with Crippen molar-refractivity contribution in [3.05, 3.63) is 87.2 Å². The molecule has 4 rings (SSSR count). The van der Waals surface area contributed by atoms with Crippen molar-refractivity contribution in [1.29, 1.82) is 0 Å². The third-order valence-electron chi connectivity index (χ3n) is 5.49. The summed E-state index contributed by atoms with van der Waals surface area (Å²) in [6.45, 7) is 1.91. The van der Waals surface area contributed by atoms with Crippen LogP contribution in [0.1, 0.15) is 37.4 Å². The van der Waals surface area contributed by atoms with E-state index in [2.05, 4.69) is 20.0 Å². The lowest BCUT2D eigenvalue weighted by molar-refractivity contribution is -0.274. The number of benzene rings is 1. The van der Waals surface area contributed by atoms with Crippen molar-refractivity contribution in [2.24, 2.45) is 4.99 Å². The number of Topliss-reactive ketones (excluding diaryl/α,β-unsaturated/α-hetero) is 1. The summed E-state index contributed by atoms with van der Waals surface area (Å²) in [5.74, 6) is -0.988. The summed E-state index contributed by atoms with van der Waals surface area (Å²) in [6, 6.07) is 12.1. The van der Waals surface area contributed by atoms with E-state index in [1.807, 2.05) is 12.1 Å². The Bertz CT molecular complexity index is 1480. The van der Waals surface area contributed by atoms with Gasteiger partial charge in [0.05, 0.1) is 14.6 Å². The minimum absolute atomic E-state index is 0.0837. The molecule has 1 aromatic carbocycles. The highest BCUT2D eigenvalue weighted by atomic mass is 32.1. The number of carbonyl (C=O) groups is 2. The minimum atomic E-state index is -4.79. The molecule has 12 heteroatoms. The average Bonchev–Trinajstić information content (AvgIpc) is 3.55. The summed E-state index contributed by atoms with van der Waals surface area (Å²) in [7, 11) is 0. The molecule has 0 atom stereocenters. The highest BCUT2D eigenvalue weighted by Crippen LogP contribution is 2.39. The van der Waals surface area contributed by atoms with Gasteiger partial charge in [0.15, 0.2) is 5.78 Å². The van der Waals surface area contributed by atoms with Gasteiger partial charge in [-0.3, -0.25) is 19.6 Å². The Balaban J connectivity index is 1.34. The molecule has 0 unspecified atom stereocenters. The molecule has 2 N–H and O–H groups in total. The van der Waals surface area contributed by atoms with Crippen LogP contribution in [0.25, 0.3) is 10.4 Å². The van der Waals surface area contributed by atoms with Crippen LogP contribution < -0.4 is 10.1 Å². The van der Waals surface area contributed by atoms with Gasteiger partial charge in [0.2, 0.25) is 0 Å². The summed E-state index contributed by atoms with van der Waals surface area (Å²) in [6.07, 6.45) is -0.731. The largest absolute Gasteiger partial charge is 0.573 e. The Kier molecular flexibility index (Phi) is 8.77. The van der Waals surface area contributed by atoms with Gasteiger partial charge >= 0.3 is 6.36 Å². The van der Waals surface area contributed by atoms with Crippen LogP contribution in [-0.2, 0) is 6.42 Å².